The smallest absolute Gasteiger partial charge is 0.253 e. The number of aromatic nitrogens is 3. The van der Waals surface area contributed by atoms with Crippen LogP contribution in [0.3, 0.4) is 0 Å². The van der Waals surface area contributed by atoms with Gasteiger partial charge in [-0.1, -0.05) is 32.9 Å². The van der Waals surface area contributed by atoms with Crippen molar-refractivity contribution < 1.29 is 14.0 Å². The van der Waals surface area contributed by atoms with Crippen LogP contribution in [0.15, 0.2) is 12.4 Å². The number of hydrogen-bond acceptors (Lipinski definition) is 5. The van der Waals surface area contributed by atoms with Crippen LogP contribution >= 0.6 is 0 Å². The first kappa shape index (κ1) is 18.8. The molecule has 1 N–H and O–H groups in total. The quantitative estimate of drug-likeness (QED) is 0.648. The minimum absolute atomic E-state index is 0.0514. The summed E-state index contributed by atoms with van der Waals surface area (Å²) < 4.78 is 7.57. The molecular formula is C16H28N4O3Si. The summed E-state index contributed by atoms with van der Waals surface area (Å²) in [6, 6.07) is -0.242. The molecule has 4 atom stereocenters. The van der Waals surface area contributed by atoms with E-state index in [4.69, 9.17) is 4.43 Å². The number of hydrogen-bond donors (Lipinski definition) is 1. The molecule has 0 unspecified atom stereocenters. The molecule has 1 aliphatic rings. The Morgan fingerprint density at radius 1 is 1.38 bits per heavy atom. The molecule has 134 valence electrons. The van der Waals surface area contributed by atoms with Gasteiger partial charge in [-0.2, -0.15) is 4.68 Å². The Labute approximate surface area is 144 Å². The average molecular weight is 353 g/mol. The van der Waals surface area contributed by atoms with Crippen molar-refractivity contribution in [3.8, 4) is 0 Å². The summed E-state index contributed by atoms with van der Waals surface area (Å²) in [5, 5.41) is 10.3. The zero-order valence-corrected chi connectivity index (χ0v) is 16.5. The third kappa shape index (κ3) is 3.44. The fourth-order valence-corrected chi connectivity index (χ4v) is 4.19. The number of carbonyl (C=O) groups excluding carboxylic acids is 2. The molecule has 1 saturated heterocycles. The van der Waals surface area contributed by atoms with Crippen LogP contribution in [0.5, 0.6) is 0 Å². The molecule has 1 aromatic heterocycles. The van der Waals surface area contributed by atoms with Gasteiger partial charge in [-0.15, -0.1) is 5.10 Å². The van der Waals surface area contributed by atoms with E-state index in [9.17, 15) is 9.59 Å². The van der Waals surface area contributed by atoms with Crippen molar-refractivity contribution in [2.24, 2.45) is 11.8 Å². The summed E-state index contributed by atoms with van der Waals surface area (Å²) in [5.41, 5.74) is 0. The van der Waals surface area contributed by atoms with Crippen LogP contribution in [0.25, 0.3) is 0 Å². The van der Waals surface area contributed by atoms with E-state index in [1.165, 1.54) is 17.1 Å². The third-order valence-corrected chi connectivity index (χ3v) is 9.94. The Hall–Kier alpha value is -1.54. The molecule has 24 heavy (non-hydrogen) atoms. The van der Waals surface area contributed by atoms with Crippen LogP contribution in [-0.2, 0) is 9.22 Å². The highest BCUT2D eigenvalue weighted by Crippen LogP contribution is 2.39. The van der Waals surface area contributed by atoms with Crippen molar-refractivity contribution in [2.45, 2.75) is 64.9 Å². The van der Waals surface area contributed by atoms with Crippen LogP contribution in [-0.4, -0.2) is 47.3 Å². The Morgan fingerprint density at radius 2 is 2.00 bits per heavy atom. The lowest BCUT2D eigenvalue weighted by atomic mass is 9.78. The molecule has 8 heteroatoms. The standard InChI is InChI=1S/C16H28N4O3Si/c1-10(15(22)20-9-8-17-19-20)13-12(14(21)18-13)11(2)23-24(6,7)16(3,4)5/h8-13H,1-7H3,(H,18,21)/t10-,11-,12-,13+/m1/s1. The number of rotatable bonds is 5. The van der Waals surface area contributed by atoms with Gasteiger partial charge >= 0.3 is 0 Å². The van der Waals surface area contributed by atoms with E-state index in [-0.39, 0.29) is 40.8 Å². The molecule has 7 nitrogen and oxygen atoms in total. The number of carbonyl (C=O) groups is 2. The molecule has 1 aromatic rings. The summed E-state index contributed by atoms with van der Waals surface area (Å²) in [7, 11) is -1.98. The van der Waals surface area contributed by atoms with Crippen LogP contribution < -0.4 is 5.32 Å². The number of β-lactam (4-membered cyclic amide) rings is 1. The molecule has 1 fully saturated rings. The highest BCUT2D eigenvalue weighted by molar-refractivity contribution is 6.74. The van der Waals surface area contributed by atoms with E-state index in [1.807, 2.05) is 6.92 Å². The van der Waals surface area contributed by atoms with Gasteiger partial charge in [0, 0.05) is 0 Å². The Kier molecular flexibility index (Phi) is 5.01. The predicted molar refractivity (Wildman–Crippen MR) is 93.0 cm³/mol. The fraction of sp³-hybridized carbons (Fsp3) is 0.750. The van der Waals surface area contributed by atoms with E-state index in [0.29, 0.717) is 0 Å². The molecule has 2 rings (SSSR count). The van der Waals surface area contributed by atoms with Crippen LogP contribution in [0.2, 0.25) is 18.1 Å². The Morgan fingerprint density at radius 3 is 2.46 bits per heavy atom. The first-order valence-electron chi connectivity index (χ1n) is 8.34. The summed E-state index contributed by atoms with van der Waals surface area (Å²) in [6.07, 6.45) is 2.75. The first-order valence-corrected chi connectivity index (χ1v) is 11.3. The van der Waals surface area contributed by atoms with Gasteiger partial charge in [0.2, 0.25) is 5.91 Å². The second-order valence-corrected chi connectivity index (χ2v) is 12.9. The van der Waals surface area contributed by atoms with Crippen LogP contribution in [0.1, 0.15) is 39.4 Å². The van der Waals surface area contributed by atoms with Crippen molar-refractivity contribution in [1.82, 2.24) is 20.3 Å². The number of nitrogens with zero attached hydrogens (tertiary/aromatic N) is 3. The van der Waals surface area contributed by atoms with Crippen molar-refractivity contribution in [3.05, 3.63) is 12.4 Å². The number of nitrogens with one attached hydrogen (secondary N) is 1. The van der Waals surface area contributed by atoms with Crippen molar-refractivity contribution >= 4 is 20.1 Å². The molecule has 1 aliphatic heterocycles. The van der Waals surface area contributed by atoms with Gasteiger partial charge in [0.15, 0.2) is 8.32 Å². The summed E-state index contributed by atoms with van der Waals surface area (Å²) >= 11 is 0. The maximum atomic E-state index is 12.4. The molecule has 0 saturated carbocycles. The van der Waals surface area contributed by atoms with Crippen LogP contribution in [0, 0.1) is 11.8 Å². The van der Waals surface area contributed by atoms with Gasteiger partial charge < -0.3 is 9.74 Å². The van der Waals surface area contributed by atoms with E-state index in [2.05, 4.69) is 49.5 Å². The van der Waals surface area contributed by atoms with E-state index in [0.717, 1.165) is 0 Å². The highest BCUT2D eigenvalue weighted by Gasteiger charge is 2.50. The topological polar surface area (TPSA) is 86.1 Å². The summed E-state index contributed by atoms with van der Waals surface area (Å²) in [5.74, 6) is -0.937. The van der Waals surface area contributed by atoms with Gasteiger partial charge in [0.1, 0.15) is 0 Å². The largest absolute Gasteiger partial charge is 0.413 e. The zero-order valence-electron chi connectivity index (χ0n) is 15.5. The van der Waals surface area contributed by atoms with Crippen LogP contribution in [0.4, 0.5) is 0 Å². The number of amides is 1. The molecule has 0 radical (unpaired) electrons. The molecule has 0 bridgehead atoms. The SMILES string of the molecule is C[C@@H](O[Si](C)(C)C(C)(C)C)[C@H]1C(=O)N[C@H]1[C@@H](C)C(=O)n1ccnn1. The van der Waals surface area contributed by atoms with E-state index < -0.39 is 8.32 Å². The zero-order chi connectivity index (χ0) is 18.3. The lowest BCUT2D eigenvalue weighted by Crippen LogP contribution is -2.67. The minimum atomic E-state index is -1.98. The summed E-state index contributed by atoms with van der Waals surface area (Å²) in [6.45, 7) is 14.6. The van der Waals surface area contributed by atoms with Gasteiger partial charge in [-0.25, -0.2) is 0 Å². The fourth-order valence-electron chi connectivity index (χ4n) is 2.76. The molecule has 0 spiro atoms. The maximum absolute atomic E-state index is 12.4. The lowest BCUT2D eigenvalue weighted by Gasteiger charge is -2.46. The van der Waals surface area contributed by atoms with E-state index in [1.54, 1.807) is 6.92 Å². The summed E-state index contributed by atoms with van der Waals surface area (Å²) in [4.78, 5) is 24.5. The lowest BCUT2D eigenvalue weighted by molar-refractivity contribution is -0.141. The molecule has 2 heterocycles. The molecular weight excluding hydrogens is 324 g/mol. The normalized spacial score (nSPS) is 24.0. The van der Waals surface area contributed by atoms with Crippen molar-refractivity contribution in [1.29, 1.82) is 0 Å². The molecule has 1 amide bonds. The highest BCUT2D eigenvalue weighted by atomic mass is 28.4. The maximum Gasteiger partial charge on any atom is 0.253 e. The first-order chi connectivity index (χ1) is 11.0. The Bertz CT molecular complexity index is 609. The van der Waals surface area contributed by atoms with Crippen molar-refractivity contribution in [3.63, 3.8) is 0 Å². The van der Waals surface area contributed by atoms with E-state index >= 15 is 0 Å². The average Bonchev–Trinajstić information content (AvgIpc) is 2.95. The van der Waals surface area contributed by atoms with Gasteiger partial charge in [-0.05, 0) is 25.1 Å². The van der Waals surface area contributed by atoms with Gasteiger partial charge in [0.25, 0.3) is 5.91 Å². The van der Waals surface area contributed by atoms with Gasteiger partial charge in [0.05, 0.1) is 36.4 Å². The Balaban J connectivity index is 2.09. The molecule has 0 aliphatic carbocycles. The second-order valence-electron chi connectivity index (χ2n) is 8.12. The third-order valence-electron chi connectivity index (χ3n) is 5.37. The minimum Gasteiger partial charge on any atom is -0.413 e. The van der Waals surface area contributed by atoms with Crippen molar-refractivity contribution in [2.75, 3.05) is 0 Å². The van der Waals surface area contributed by atoms with Gasteiger partial charge in [-0.3, -0.25) is 9.59 Å². The predicted octanol–water partition coefficient (Wildman–Crippen LogP) is 2.08. The molecule has 0 aromatic carbocycles. The monoisotopic (exact) mass is 352 g/mol. The second kappa shape index (κ2) is 6.40.